The number of anilines is 1. The summed E-state index contributed by atoms with van der Waals surface area (Å²) in [7, 11) is -3.80. The number of carbonyl (C=O) groups is 2. The number of rotatable bonds is 9. The SMILES string of the molecule is CC[C@H](C(=O)NC(C)(C)C)N(Cc1ccc(F)cc1)C(=O)CN(c1ccc(C)c(C)c1)S(C)(=O)=O. The van der Waals surface area contributed by atoms with Crippen molar-refractivity contribution in [2.45, 2.75) is 66.1 Å². The quantitative estimate of drug-likeness (QED) is 0.560. The number of aryl methyl sites for hydroxylation is 2. The highest BCUT2D eigenvalue weighted by Gasteiger charge is 2.33. The van der Waals surface area contributed by atoms with Crippen LogP contribution in [0.5, 0.6) is 0 Å². The van der Waals surface area contributed by atoms with Gasteiger partial charge in [-0.2, -0.15) is 0 Å². The molecule has 0 radical (unpaired) electrons. The van der Waals surface area contributed by atoms with Gasteiger partial charge in [-0.3, -0.25) is 13.9 Å². The van der Waals surface area contributed by atoms with Crippen LogP contribution in [0.25, 0.3) is 0 Å². The normalized spacial score (nSPS) is 12.7. The van der Waals surface area contributed by atoms with Crippen LogP contribution in [0.2, 0.25) is 0 Å². The van der Waals surface area contributed by atoms with Crippen LogP contribution in [-0.4, -0.2) is 49.5 Å². The zero-order valence-corrected chi connectivity index (χ0v) is 22.4. The molecule has 1 N–H and O–H groups in total. The number of sulfonamides is 1. The molecule has 0 aliphatic heterocycles. The number of nitrogens with one attached hydrogen (secondary N) is 1. The zero-order chi connectivity index (χ0) is 26.6. The summed E-state index contributed by atoms with van der Waals surface area (Å²) >= 11 is 0. The second-order valence-electron chi connectivity index (χ2n) is 9.85. The minimum atomic E-state index is -3.80. The Bertz CT molecular complexity index is 1160. The van der Waals surface area contributed by atoms with Gasteiger partial charge in [0.15, 0.2) is 0 Å². The second kappa shape index (κ2) is 11.2. The van der Waals surface area contributed by atoms with E-state index in [1.54, 1.807) is 37.3 Å². The van der Waals surface area contributed by atoms with Gasteiger partial charge in [-0.1, -0.05) is 25.1 Å². The Labute approximate surface area is 208 Å². The number of nitrogens with zero attached hydrogens (tertiary/aromatic N) is 2. The molecule has 0 aromatic heterocycles. The molecule has 9 heteroatoms. The monoisotopic (exact) mass is 505 g/mol. The summed E-state index contributed by atoms with van der Waals surface area (Å²) in [6.45, 7) is 10.7. The molecule has 2 aromatic carbocycles. The molecule has 192 valence electrons. The van der Waals surface area contributed by atoms with Crippen molar-refractivity contribution in [1.82, 2.24) is 10.2 Å². The third-order valence-electron chi connectivity index (χ3n) is 5.61. The Morgan fingerprint density at radius 2 is 1.63 bits per heavy atom. The molecule has 0 aliphatic carbocycles. The molecule has 0 bridgehead atoms. The van der Waals surface area contributed by atoms with E-state index < -0.39 is 39.9 Å². The Morgan fingerprint density at radius 1 is 1.03 bits per heavy atom. The topological polar surface area (TPSA) is 86.8 Å². The first-order valence-corrected chi connectivity index (χ1v) is 13.4. The fourth-order valence-electron chi connectivity index (χ4n) is 3.65. The Morgan fingerprint density at radius 3 is 2.11 bits per heavy atom. The summed E-state index contributed by atoms with van der Waals surface area (Å²) in [4.78, 5) is 28.1. The van der Waals surface area contributed by atoms with Gasteiger partial charge in [0.25, 0.3) is 0 Å². The van der Waals surface area contributed by atoms with Gasteiger partial charge in [-0.25, -0.2) is 12.8 Å². The summed E-state index contributed by atoms with van der Waals surface area (Å²) in [5, 5.41) is 2.90. The van der Waals surface area contributed by atoms with Gasteiger partial charge < -0.3 is 10.2 Å². The number of benzene rings is 2. The van der Waals surface area contributed by atoms with Crippen molar-refractivity contribution in [1.29, 1.82) is 0 Å². The average molecular weight is 506 g/mol. The van der Waals surface area contributed by atoms with Gasteiger partial charge in [-0.15, -0.1) is 0 Å². The lowest BCUT2D eigenvalue weighted by molar-refractivity contribution is -0.141. The summed E-state index contributed by atoms with van der Waals surface area (Å²) in [5.74, 6) is -1.29. The van der Waals surface area contributed by atoms with Gasteiger partial charge in [0, 0.05) is 12.1 Å². The van der Waals surface area contributed by atoms with Gasteiger partial charge >= 0.3 is 0 Å². The largest absolute Gasteiger partial charge is 0.350 e. The lowest BCUT2D eigenvalue weighted by atomic mass is 10.1. The summed E-state index contributed by atoms with van der Waals surface area (Å²) in [6.07, 6.45) is 1.36. The van der Waals surface area contributed by atoms with Crippen LogP contribution in [0.3, 0.4) is 0 Å². The molecule has 1 atom stereocenters. The zero-order valence-electron chi connectivity index (χ0n) is 21.6. The van der Waals surface area contributed by atoms with Crippen LogP contribution in [-0.2, 0) is 26.2 Å². The third kappa shape index (κ3) is 8.06. The molecule has 0 heterocycles. The molecular weight excluding hydrogens is 469 g/mol. The van der Waals surface area contributed by atoms with E-state index in [2.05, 4.69) is 5.32 Å². The van der Waals surface area contributed by atoms with Crippen molar-refractivity contribution in [3.63, 3.8) is 0 Å². The molecule has 0 saturated carbocycles. The van der Waals surface area contributed by atoms with E-state index in [4.69, 9.17) is 0 Å². The molecule has 0 aliphatic rings. The molecule has 0 unspecified atom stereocenters. The van der Waals surface area contributed by atoms with Crippen molar-refractivity contribution in [2.75, 3.05) is 17.1 Å². The highest BCUT2D eigenvalue weighted by atomic mass is 32.2. The molecule has 2 amide bonds. The van der Waals surface area contributed by atoms with Crippen molar-refractivity contribution in [3.05, 3.63) is 65.0 Å². The summed E-state index contributed by atoms with van der Waals surface area (Å²) in [6, 6.07) is 9.99. The summed E-state index contributed by atoms with van der Waals surface area (Å²) in [5.41, 5.74) is 2.36. The first-order valence-electron chi connectivity index (χ1n) is 11.5. The molecule has 2 rings (SSSR count). The first kappa shape index (κ1) is 28.3. The van der Waals surface area contributed by atoms with E-state index in [1.807, 2.05) is 34.6 Å². The minimum Gasteiger partial charge on any atom is -0.350 e. The smallest absolute Gasteiger partial charge is 0.244 e. The van der Waals surface area contributed by atoms with E-state index in [9.17, 15) is 22.4 Å². The molecule has 2 aromatic rings. The number of hydrogen-bond donors (Lipinski definition) is 1. The molecule has 0 fully saturated rings. The average Bonchev–Trinajstić information content (AvgIpc) is 2.73. The highest BCUT2D eigenvalue weighted by Crippen LogP contribution is 2.23. The van der Waals surface area contributed by atoms with E-state index in [1.165, 1.54) is 17.0 Å². The molecular formula is C26H36FN3O4S. The second-order valence-corrected chi connectivity index (χ2v) is 11.8. The van der Waals surface area contributed by atoms with Crippen molar-refractivity contribution < 1.29 is 22.4 Å². The van der Waals surface area contributed by atoms with Crippen LogP contribution in [0.4, 0.5) is 10.1 Å². The maximum absolute atomic E-state index is 13.6. The van der Waals surface area contributed by atoms with Crippen molar-refractivity contribution >= 4 is 27.5 Å². The Hall–Kier alpha value is -2.94. The van der Waals surface area contributed by atoms with Crippen LogP contribution in [0.15, 0.2) is 42.5 Å². The third-order valence-corrected chi connectivity index (χ3v) is 6.75. The number of amides is 2. The van der Waals surface area contributed by atoms with Crippen LogP contribution < -0.4 is 9.62 Å². The predicted molar refractivity (Wildman–Crippen MR) is 137 cm³/mol. The lowest BCUT2D eigenvalue weighted by Crippen LogP contribution is -2.55. The minimum absolute atomic E-state index is 0.0275. The summed E-state index contributed by atoms with van der Waals surface area (Å²) < 4.78 is 39.9. The highest BCUT2D eigenvalue weighted by molar-refractivity contribution is 7.92. The molecule has 0 saturated heterocycles. The fraction of sp³-hybridized carbons (Fsp3) is 0.462. The van der Waals surface area contributed by atoms with Crippen LogP contribution in [0, 0.1) is 19.7 Å². The number of carbonyl (C=O) groups excluding carboxylic acids is 2. The molecule has 7 nitrogen and oxygen atoms in total. The van der Waals surface area contributed by atoms with E-state index in [0.29, 0.717) is 17.7 Å². The van der Waals surface area contributed by atoms with E-state index in [0.717, 1.165) is 21.7 Å². The van der Waals surface area contributed by atoms with Gasteiger partial charge in [-0.05, 0) is 82.0 Å². The van der Waals surface area contributed by atoms with E-state index >= 15 is 0 Å². The Balaban J connectivity index is 2.47. The maximum atomic E-state index is 13.6. The lowest BCUT2D eigenvalue weighted by Gasteiger charge is -2.34. The van der Waals surface area contributed by atoms with Gasteiger partial charge in [0.05, 0.1) is 11.9 Å². The van der Waals surface area contributed by atoms with Gasteiger partial charge in [0.1, 0.15) is 18.4 Å². The van der Waals surface area contributed by atoms with Crippen molar-refractivity contribution in [2.24, 2.45) is 0 Å². The number of hydrogen-bond acceptors (Lipinski definition) is 4. The first-order chi connectivity index (χ1) is 16.1. The Kier molecular flexibility index (Phi) is 9.06. The number of halogens is 1. The van der Waals surface area contributed by atoms with Crippen LogP contribution in [0.1, 0.15) is 50.8 Å². The molecule has 0 spiro atoms. The standard InChI is InChI=1S/C26H36FN3O4S/c1-8-23(25(32)28-26(4,5)6)29(16-20-10-12-21(27)13-11-20)24(31)17-30(35(7,33)34)22-14-9-18(2)19(3)15-22/h9-15,23H,8,16-17H2,1-7H3,(H,28,32)/t23-/m1/s1. The fourth-order valence-corrected chi connectivity index (χ4v) is 4.49. The predicted octanol–water partition coefficient (Wildman–Crippen LogP) is 3.93. The van der Waals surface area contributed by atoms with Gasteiger partial charge in [0.2, 0.25) is 21.8 Å². The maximum Gasteiger partial charge on any atom is 0.244 e. The van der Waals surface area contributed by atoms with E-state index in [-0.39, 0.29) is 12.5 Å². The molecule has 35 heavy (non-hydrogen) atoms. The van der Waals surface area contributed by atoms with Crippen molar-refractivity contribution in [3.8, 4) is 0 Å². The van der Waals surface area contributed by atoms with Crippen LogP contribution >= 0.6 is 0 Å².